The molecule has 128 valence electrons. The fourth-order valence-electron chi connectivity index (χ4n) is 3.63. The van der Waals surface area contributed by atoms with Crippen molar-refractivity contribution in [1.29, 1.82) is 0 Å². The lowest BCUT2D eigenvalue weighted by molar-refractivity contribution is -0.130. The van der Waals surface area contributed by atoms with Crippen LogP contribution in [0.5, 0.6) is 0 Å². The molecule has 1 aromatic rings. The molecule has 2 fully saturated rings. The number of amides is 1. The Morgan fingerprint density at radius 2 is 2.00 bits per heavy atom. The van der Waals surface area contributed by atoms with Gasteiger partial charge in [0.1, 0.15) is 0 Å². The lowest BCUT2D eigenvalue weighted by atomic mass is 9.73. The fraction of sp³-hybridized carbons (Fsp3) is 0.611. The first kappa shape index (κ1) is 18.2. The maximum absolute atomic E-state index is 13.0. The molecule has 1 amide bonds. The Labute approximate surface area is 144 Å². The average Bonchev–Trinajstić information content (AvgIpc) is 2.62. The van der Waals surface area contributed by atoms with Gasteiger partial charge in [0, 0.05) is 19.8 Å². The molecule has 23 heavy (non-hydrogen) atoms. The van der Waals surface area contributed by atoms with E-state index >= 15 is 0 Å². The zero-order valence-corrected chi connectivity index (χ0v) is 14.4. The first-order valence-electron chi connectivity index (χ1n) is 8.43. The van der Waals surface area contributed by atoms with E-state index in [1.165, 1.54) is 12.8 Å². The molecule has 0 saturated carbocycles. The van der Waals surface area contributed by atoms with Crippen LogP contribution >= 0.6 is 12.4 Å². The van der Waals surface area contributed by atoms with Gasteiger partial charge in [0.2, 0.25) is 5.91 Å². The largest absolute Gasteiger partial charge is 0.381 e. The van der Waals surface area contributed by atoms with Gasteiger partial charge < -0.3 is 15.4 Å². The number of hydrogen-bond donors (Lipinski definition) is 2. The topological polar surface area (TPSA) is 50.4 Å². The molecular weight excluding hydrogens is 312 g/mol. The molecule has 3 rings (SSSR count). The highest BCUT2D eigenvalue weighted by Crippen LogP contribution is 2.35. The molecule has 1 aromatic carbocycles. The van der Waals surface area contributed by atoms with Crippen LogP contribution < -0.4 is 10.6 Å². The van der Waals surface area contributed by atoms with Crippen LogP contribution in [0.3, 0.4) is 0 Å². The van der Waals surface area contributed by atoms with Crippen LogP contribution in [0.25, 0.3) is 0 Å². The van der Waals surface area contributed by atoms with Gasteiger partial charge in [-0.05, 0) is 50.3 Å². The van der Waals surface area contributed by atoms with Gasteiger partial charge in [-0.15, -0.1) is 12.4 Å². The SMILES string of the molecule is Cl.O=C(NCC1CCCNC1)C1(c2ccccc2)CCOCC1. The van der Waals surface area contributed by atoms with E-state index in [-0.39, 0.29) is 18.3 Å². The average molecular weight is 339 g/mol. The number of carbonyl (C=O) groups excluding carboxylic acids is 1. The van der Waals surface area contributed by atoms with Crippen LogP contribution in [0.2, 0.25) is 0 Å². The number of benzene rings is 1. The number of ether oxygens (including phenoxy) is 1. The van der Waals surface area contributed by atoms with Crippen molar-refractivity contribution < 1.29 is 9.53 Å². The van der Waals surface area contributed by atoms with Crippen molar-refractivity contribution in [3.63, 3.8) is 0 Å². The minimum atomic E-state index is -0.415. The second kappa shape index (κ2) is 8.67. The number of hydrogen-bond acceptors (Lipinski definition) is 3. The molecule has 2 heterocycles. The first-order chi connectivity index (χ1) is 10.8. The Kier molecular flexibility index (Phi) is 6.88. The van der Waals surface area contributed by atoms with E-state index < -0.39 is 5.41 Å². The number of carbonyl (C=O) groups is 1. The molecular formula is C18H27ClN2O2. The summed E-state index contributed by atoms with van der Waals surface area (Å²) in [5.41, 5.74) is 0.708. The summed E-state index contributed by atoms with van der Waals surface area (Å²) >= 11 is 0. The maximum atomic E-state index is 13.0. The van der Waals surface area contributed by atoms with Gasteiger partial charge in [0.15, 0.2) is 0 Å². The zero-order chi connectivity index (χ0) is 15.3. The molecule has 1 unspecified atom stereocenters. The molecule has 5 heteroatoms. The number of piperidine rings is 1. The van der Waals surface area contributed by atoms with Crippen molar-refractivity contribution in [2.24, 2.45) is 5.92 Å². The summed E-state index contributed by atoms with van der Waals surface area (Å²) in [6.45, 7) is 4.22. The second-order valence-corrected chi connectivity index (χ2v) is 6.48. The van der Waals surface area contributed by atoms with E-state index in [1.807, 2.05) is 18.2 Å². The highest BCUT2D eigenvalue weighted by atomic mass is 35.5. The third-order valence-corrected chi connectivity index (χ3v) is 5.06. The van der Waals surface area contributed by atoms with Crippen LogP contribution in [-0.4, -0.2) is 38.8 Å². The summed E-state index contributed by atoms with van der Waals surface area (Å²) in [4.78, 5) is 13.0. The van der Waals surface area contributed by atoms with Gasteiger partial charge in [-0.2, -0.15) is 0 Å². The first-order valence-corrected chi connectivity index (χ1v) is 8.43. The molecule has 2 N–H and O–H groups in total. The predicted octanol–water partition coefficient (Wildman–Crippen LogP) is 2.27. The van der Waals surface area contributed by atoms with E-state index in [0.29, 0.717) is 19.1 Å². The molecule has 0 bridgehead atoms. The van der Waals surface area contributed by atoms with Crippen LogP contribution in [0.1, 0.15) is 31.2 Å². The van der Waals surface area contributed by atoms with Crippen molar-refractivity contribution in [1.82, 2.24) is 10.6 Å². The van der Waals surface area contributed by atoms with Crippen molar-refractivity contribution >= 4 is 18.3 Å². The number of nitrogens with one attached hydrogen (secondary N) is 2. The maximum Gasteiger partial charge on any atom is 0.230 e. The Morgan fingerprint density at radius 1 is 1.26 bits per heavy atom. The van der Waals surface area contributed by atoms with E-state index in [2.05, 4.69) is 22.8 Å². The van der Waals surface area contributed by atoms with Gasteiger partial charge in [0.05, 0.1) is 5.41 Å². The highest BCUT2D eigenvalue weighted by molar-refractivity contribution is 5.88. The Hall–Kier alpha value is -1.10. The molecule has 0 aromatic heterocycles. The fourth-order valence-corrected chi connectivity index (χ4v) is 3.63. The summed E-state index contributed by atoms with van der Waals surface area (Å²) in [6.07, 6.45) is 3.95. The van der Waals surface area contributed by atoms with Crippen LogP contribution in [0.15, 0.2) is 30.3 Å². The molecule has 4 nitrogen and oxygen atoms in total. The number of rotatable bonds is 4. The zero-order valence-electron chi connectivity index (χ0n) is 13.6. The Morgan fingerprint density at radius 3 is 2.65 bits per heavy atom. The molecule has 0 radical (unpaired) electrons. The van der Waals surface area contributed by atoms with Crippen LogP contribution in [0, 0.1) is 5.92 Å². The van der Waals surface area contributed by atoms with Crippen molar-refractivity contribution in [3.8, 4) is 0 Å². The molecule has 2 aliphatic rings. The van der Waals surface area contributed by atoms with Gasteiger partial charge in [-0.1, -0.05) is 30.3 Å². The summed E-state index contributed by atoms with van der Waals surface area (Å²) in [6, 6.07) is 10.2. The highest BCUT2D eigenvalue weighted by Gasteiger charge is 2.41. The third-order valence-electron chi connectivity index (χ3n) is 5.06. The van der Waals surface area contributed by atoms with E-state index in [9.17, 15) is 4.79 Å². The van der Waals surface area contributed by atoms with Gasteiger partial charge in [-0.25, -0.2) is 0 Å². The lowest BCUT2D eigenvalue weighted by Gasteiger charge is -2.37. The molecule has 2 saturated heterocycles. The minimum absolute atomic E-state index is 0. The van der Waals surface area contributed by atoms with E-state index in [4.69, 9.17) is 4.74 Å². The van der Waals surface area contributed by atoms with Crippen LogP contribution in [0.4, 0.5) is 0 Å². The van der Waals surface area contributed by atoms with E-state index in [0.717, 1.165) is 38.0 Å². The summed E-state index contributed by atoms with van der Waals surface area (Å²) in [7, 11) is 0. The number of halogens is 1. The quantitative estimate of drug-likeness (QED) is 0.885. The van der Waals surface area contributed by atoms with Gasteiger partial charge in [-0.3, -0.25) is 4.79 Å². The lowest BCUT2D eigenvalue weighted by Crippen LogP contribution is -2.50. The van der Waals surface area contributed by atoms with E-state index in [1.54, 1.807) is 0 Å². The second-order valence-electron chi connectivity index (χ2n) is 6.48. The van der Waals surface area contributed by atoms with Crippen LogP contribution in [-0.2, 0) is 14.9 Å². The standard InChI is InChI=1S/C18H26N2O2.ClH/c21-17(20-14-15-5-4-10-19-13-15)18(8-11-22-12-9-18)16-6-2-1-3-7-16;/h1-3,6-7,15,19H,4-5,8-14H2,(H,20,21);1H. The molecule has 2 aliphatic heterocycles. The van der Waals surface area contributed by atoms with Crippen molar-refractivity contribution in [2.45, 2.75) is 31.1 Å². The van der Waals surface area contributed by atoms with Crippen molar-refractivity contribution in [2.75, 3.05) is 32.8 Å². The smallest absolute Gasteiger partial charge is 0.230 e. The van der Waals surface area contributed by atoms with Crippen molar-refractivity contribution in [3.05, 3.63) is 35.9 Å². The third kappa shape index (κ3) is 4.25. The van der Waals surface area contributed by atoms with Gasteiger partial charge in [0.25, 0.3) is 0 Å². The van der Waals surface area contributed by atoms with Gasteiger partial charge >= 0.3 is 0 Å². The normalized spacial score (nSPS) is 23.6. The molecule has 0 aliphatic carbocycles. The summed E-state index contributed by atoms with van der Waals surface area (Å²) in [5.74, 6) is 0.734. The summed E-state index contributed by atoms with van der Waals surface area (Å²) < 4.78 is 5.50. The predicted molar refractivity (Wildman–Crippen MR) is 94.0 cm³/mol. The molecule has 0 spiro atoms. The summed E-state index contributed by atoms with van der Waals surface area (Å²) in [5, 5.41) is 6.63. The molecule has 1 atom stereocenters. The Balaban J connectivity index is 0.00000192. The Bertz CT molecular complexity index is 483. The monoisotopic (exact) mass is 338 g/mol. The minimum Gasteiger partial charge on any atom is -0.381 e.